The quantitative estimate of drug-likeness (QED) is 0.643. The van der Waals surface area contributed by atoms with Gasteiger partial charge in [-0.2, -0.15) is 0 Å². The highest BCUT2D eigenvalue weighted by Crippen LogP contribution is 2.29. The molecule has 0 aliphatic rings. The van der Waals surface area contributed by atoms with Crippen LogP contribution in [-0.4, -0.2) is 32.9 Å². The lowest BCUT2D eigenvalue weighted by atomic mass is 10.2. The number of methoxy groups -OCH3 is 1. The third-order valence-corrected chi connectivity index (χ3v) is 2.73. The Kier molecular flexibility index (Phi) is 3.34. The number of carbonyl (C=O) groups is 1. The van der Waals surface area contributed by atoms with Crippen LogP contribution in [0, 0.1) is 17.0 Å². The fraction of sp³-hybridized carbons (Fsp3) is 0.182. The van der Waals surface area contributed by atoms with Crippen LogP contribution in [0.15, 0.2) is 18.2 Å². The number of nitrogens with two attached hydrogens (primary N) is 1. The normalized spacial score (nSPS) is 10.3. The molecular formula is C11H11N5O4. The predicted molar refractivity (Wildman–Crippen MR) is 67.8 cm³/mol. The number of ether oxygens (including phenoxy) is 1. The number of primary amides is 1. The van der Waals surface area contributed by atoms with Crippen LogP contribution in [0.3, 0.4) is 0 Å². The number of carbonyl (C=O) groups excluding carboxylic acids is 1. The van der Waals surface area contributed by atoms with E-state index in [-0.39, 0.29) is 17.1 Å². The number of aromatic nitrogens is 3. The molecule has 0 bridgehead atoms. The summed E-state index contributed by atoms with van der Waals surface area (Å²) < 4.78 is 6.21. The number of benzene rings is 1. The molecule has 20 heavy (non-hydrogen) atoms. The zero-order chi connectivity index (χ0) is 14.9. The average molecular weight is 277 g/mol. The number of hydrogen-bond acceptors (Lipinski definition) is 6. The highest BCUT2D eigenvalue weighted by molar-refractivity contribution is 5.91. The molecule has 0 aliphatic heterocycles. The topological polar surface area (TPSA) is 126 Å². The van der Waals surface area contributed by atoms with Crippen LogP contribution < -0.4 is 10.5 Å². The summed E-state index contributed by atoms with van der Waals surface area (Å²) in [6.07, 6.45) is 0. The number of nitro benzene ring substituents is 1. The molecule has 1 heterocycles. The van der Waals surface area contributed by atoms with Crippen molar-refractivity contribution in [3.63, 3.8) is 0 Å². The van der Waals surface area contributed by atoms with E-state index in [9.17, 15) is 14.9 Å². The third kappa shape index (κ3) is 2.16. The molecule has 0 unspecified atom stereocenters. The number of amides is 1. The van der Waals surface area contributed by atoms with Gasteiger partial charge in [0.2, 0.25) is 0 Å². The van der Waals surface area contributed by atoms with Crippen LogP contribution in [-0.2, 0) is 0 Å². The van der Waals surface area contributed by atoms with E-state index in [1.54, 1.807) is 13.0 Å². The van der Waals surface area contributed by atoms with Crippen molar-refractivity contribution >= 4 is 11.6 Å². The number of hydrogen-bond donors (Lipinski definition) is 1. The Morgan fingerprint density at radius 3 is 2.70 bits per heavy atom. The standard InChI is InChI=1S/C11H11N5O4/c1-6-10(11(12)17)13-14-15(6)7-3-4-9(20-2)8(5-7)16(18)19/h3-5H,1-2H3,(H2,12,17). The Hall–Kier alpha value is -2.97. The van der Waals surface area contributed by atoms with Gasteiger partial charge in [0.25, 0.3) is 5.91 Å². The van der Waals surface area contributed by atoms with Crippen LogP contribution in [0.5, 0.6) is 5.75 Å². The number of nitro groups is 1. The Balaban J connectivity index is 2.56. The van der Waals surface area contributed by atoms with E-state index in [0.29, 0.717) is 11.4 Å². The van der Waals surface area contributed by atoms with E-state index in [0.717, 1.165) is 0 Å². The van der Waals surface area contributed by atoms with E-state index in [1.165, 1.54) is 23.9 Å². The smallest absolute Gasteiger partial charge is 0.313 e. The summed E-state index contributed by atoms with van der Waals surface area (Å²) in [5.41, 5.74) is 5.74. The Morgan fingerprint density at radius 2 is 2.20 bits per heavy atom. The fourth-order valence-electron chi connectivity index (χ4n) is 1.75. The van der Waals surface area contributed by atoms with Gasteiger partial charge < -0.3 is 10.5 Å². The van der Waals surface area contributed by atoms with Gasteiger partial charge in [-0.15, -0.1) is 5.10 Å². The maximum atomic E-state index is 11.1. The molecule has 0 fully saturated rings. The molecule has 1 aromatic carbocycles. The maximum absolute atomic E-state index is 11.1. The predicted octanol–water partition coefficient (Wildman–Crippen LogP) is 0.591. The first-order valence-corrected chi connectivity index (χ1v) is 5.50. The molecule has 0 radical (unpaired) electrons. The molecule has 2 rings (SSSR count). The van der Waals surface area contributed by atoms with E-state index >= 15 is 0 Å². The Labute approximate surface area is 113 Å². The van der Waals surface area contributed by atoms with Crippen molar-refractivity contribution in [1.29, 1.82) is 0 Å². The van der Waals surface area contributed by atoms with Gasteiger partial charge in [0.05, 0.1) is 23.4 Å². The molecule has 2 N–H and O–H groups in total. The monoisotopic (exact) mass is 277 g/mol. The van der Waals surface area contributed by atoms with Crippen LogP contribution in [0.1, 0.15) is 16.2 Å². The zero-order valence-corrected chi connectivity index (χ0v) is 10.7. The van der Waals surface area contributed by atoms with Gasteiger partial charge in [0.15, 0.2) is 11.4 Å². The molecule has 2 aromatic rings. The van der Waals surface area contributed by atoms with Crippen molar-refractivity contribution in [2.45, 2.75) is 6.92 Å². The van der Waals surface area contributed by atoms with E-state index in [1.807, 2.05) is 0 Å². The molecular weight excluding hydrogens is 266 g/mol. The summed E-state index contributed by atoms with van der Waals surface area (Å²) in [7, 11) is 1.34. The van der Waals surface area contributed by atoms with Crippen LogP contribution >= 0.6 is 0 Å². The summed E-state index contributed by atoms with van der Waals surface area (Å²) in [6, 6.07) is 4.29. The lowest BCUT2D eigenvalue weighted by molar-refractivity contribution is -0.385. The minimum absolute atomic E-state index is 0.0171. The van der Waals surface area contributed by atoms with Gasteiger partial charge in [-0.3, -0.25) is 14.9 Å². The highest BCUT2D eigenvalue weighted by atomic mass is 16.6. The lowest BCUT2D eigenvalue weighted by Gasteiger charge is -2.06. The lowest BCUT2D eigenvalue weighted by Crippen LogP contribution is -2.13. The van der Waals surface area contributed by atoms with Crippen molar-refractivity contribution in [3.05, 3.63) is 39.7 Å². The van der Waals surface area contributed by atoms with E-state index in [4.69, 9.17) is 10.5 Å². The van der Waals surface area contributed by atoms with Crippen LogP contribution in [0.4, 0.5) is 5.69 Å². The van der Waals surface area contributed by atoms with Gasteiger partial charge in [-0.25, -0.2) is 4.68 Å². The van der Waals surface area contributed by atoms with Gasteiger partial charge in [0.1, 0.15) is 0 Å². The van der Waals surface area contributed by atoms with Crippen molar-refractivity contribution in [1.82, 2.24) is 15.0 Å². The minimum atomic E-state index is -0.711. The van der Waals surface area contributed by atoms with Crippen LogP contribution in [0.2, 0.25) is 0 Å². The second-order valence-corrected chi connectivity index (χ2v) is 3.91. The molecule has 104 valence electrons. The molecule has 9 nitrogen and oxygen atoms in total. The van der Waals surface area contributed by atoms with Gasteiger partial charge in [-0.1, -0.05) is 5.21 Å². The Bertz CT molecular complexity index is 694. The summed E-state index contributed by atoms with van der Waals surface area (Å²) >= 11 is 0. The average Bonchev–Trinajstić information content (AvgIpc) is 2.79. The highest BCUT2D eigenvalue weighted by Gasteiger charge is 2.19. The number of nitrogens with zero attached hydrogens (tertiary/aromatic N) is 4. The van der Waals surface area contributed by atoms with Gasteiger partial charge >= 0.3 is 5.69 Å². The summed E-state index contributed by atoms with van der Waals surface area (Å²) in [5, 5.41) is 18.4. The van der Waals surface area contributed by atoms with Crippen molar-refractivity contribution in [3.8, 4) is 11.4 Å². The molecule has 0 atom stereocenters. The number of rotatable bonds is 4. The summed E-state index contributed by atoms with van der Waals surface area (Å²) in [4.78, 5) is 21.5. The van der Waals surface area contributed by atoms with Crippen LogP contribution in [0.25, 0.3) is 5.69 Å². The van der Waals surface area contributed by atoms with Gasteiger partial charge in [0, 0.05) is 6.07 Å². The first-order chi connectivity index (χ1) is 9.45. The molecule has 0 saturated heterocycles. The first-order valence-electron chi connectivity index (χ1n) is 5.50. The minimum Gasteiger partial charge on any atom is -0.490 e. The summed E-state index contributed by atoms with van der Waals surface area (Å²) in [5.74, 6) is -0.580. The fourth-order valence-corrected chi connectivity index (χ4v) is 1.75. The SMILES string of the molecule is COc1ccc(-n2nnc(C(N)=O)c2C)cc1[N+](=O)[O-]. The molecule has 0 saturated carbocycles. The molecule has 1 amide bonds. The van der Waals surface area contributed by atoms with E-state index < -0.39 is 10.8 Å². The maximum Gasteiger partial charge on any atom is 0.313 e. The molecule has 0 aliphatic carbocycles. The Morgan fingerprint density at radius 1 is 1.50 bits per heavy atom. The zero-order valence-electron chi connectivity index (χ0n) is 10.7. The molecule has 9 heteroatoms. The van der Waals surface area contributed by atoms with Crippen molar-refractivity contribution in [2.24, 2.45) is 5.73 Å². The van der Waals surface area contributed by atoms with Crippen molar-refractivity contribution in [2.75, 3.05) is 7.11 Å². The second kappa shape index (κ2) is 4.96. The third-order valence-electron chi connectivity index (χ3n) is 2.73. The summed E-state index contributed by atoms with van der Waals surface area (Å²) in [6.45, 7) is 1.59. The second-order valence-electron chi connectivity index (χ2n) is 3.91. The molecule has 0 spiro atoms. The molecule has 1 aromatic heterocycles. The first kappa shape index (κ1) is 13.5. The largest absolute Gasteiger partial charge is 0.490 e. The van der Waals surface area contributed by atoms with Gasteiger partial charge in [-0.05, 0) is 19.1 Å². The van der Waals surface area contributed by atoms with Crippen molar-refractivity contribution < 1.29 is 14.5 Å². The van der Waals surface area contributed by atoms with E-state index in [2.05, 4.69) is 10.3 Å².